The minimum atomic E-state index is 0.193. The predicted molar refractivity (Wildman–Crippen MR) is 53.2 cm³/mol. The lowest BCUT2D eigenvalue weighted by atomic mass is 10.3. The Hall–Kier alpha value is -0.550. The molecule has 0 unspecified atom stereocenters. The summed E-state index contributed by atoms with van der Waals surface area (Å²) < 4.78 is 1.41. The first kappa shape index (κ1) is 8.07. The molecule has 2 N–H and O–H groups in total. The molecule has 0 amide bonds. The number of nitrogens with zero attached hydrogens (tertiary/aromatic N) is 1. The number of rotatable bonds is 0. The molecule has 3 nitrogen and oxygen atoms in total. The highest BCUT2D eigenvalue weighted by Crippen LogP contribution is 2.35. The lowest BCUT2D eigenvalue weighted by Gasteiger charge is -1.99. The lowest BCUT2D eigenvalue weighted by molar-refractivity contribution is 0.472. The van der Waals surface area contributed by atoms with E-state index in [1.54, 1.807) is 12.4 Å². The quantitative estimate of drug-likeness (QED) is 0.784. The van der Waals surface area contributed by atoms with E-state index in [2.05, 4.69) is 41.8 Å². The first-order valence-corrected chi connectivity index (χ1v) is 4.79. The first-order valence-electron chi connectivity index (χ1n) is 3.20. The van der Waals surface area contributed by atoms with Crippen molar-refractivity contribution in [3.05, 3.63) is 21.3 Å². The minimum Gasteiger partial charge on any atom is -0.507 e. The number of nitrogens with one attached hydrogen (secondary N) is 1. The highest BCUT2D eigenvalue weighted by molar-refractivity contribution is 9.11. The van der Waals surface area contributed by atoms with Crippen molar-refractivity contribution in [3.63, 3.8) is 0 Å². The van der Waals surface area contributed by atoms with Gasteiger partial charge < -0.3 is 10.1 Å². The van der Waals surface area contributed by atoms with E-state index >= 15 is 0 Å². The molecule has 0 aliphatic heterocycles. The fourth-order valence-corrected chi connectivity index (χ4v) is 1.96. The van der Waals surface area contributed by atoms with Crippen LogP contribution in [0, 0.1) is 0 Å². The number of aromatic amines is 1. The Morgan fingerprint density at radius 1 is 1.42 bits per heavy atom. The fourth-order valence-electron chi connectivity index (χ4n) is 1.02. The smallest absolute Gasteiger partial charge is 0.133 e. The Labute approximate surface area is 85.1 Å². The molecule has 0 saturated heterocycles. The van der Waals surface area contributed by atoms with Crippen LogP contribution < -0.4 is 0 Å². The average Bonchev–Trinajstić information content (AvgIpc) is 2.48. The van der Waals surface area contributed by atoms with Crippen molar-refractivity contribution in [3.8, 4) is 5.75 Å². The monoisotopic (exact) mass is 290 g/mol. The zero-order valence-corrected chi connectivity index (χ0v) is 8.98. The molecule has 0 atom stereocenters. The summed E-state index contributed by atoms with van der Waals surface area (Å²) in [5, 5.41) is 9.39. The normalized spacial score (nSPS) is 10.8. The van der Waals surface area contributed by atoms with Crippen molar-refractivity contribution in [2.45, 2.75) is 0 Å². The summed E-state index contributed by atoms with van der Waals surface area (Å²) in [7, 11) is 0. The molecule has 0 radical (unpaired) electrons. The van der Waals surface area contributed by atoms with E-state index in [1.807, 2.05) is 0 Å². The van der Waals surface area contributed by atoms with E-state index in [1.165, 1.54) is 0 Å². The van der Waals surface area contributed by atoms with Gasteiger partial charge >= 0.3 is 0 Å². The number of aromatic nitrogens is 2. The Bertz CT molecular complexity index is 438. The zero-order valence-electron chi connectivity index (χ0n) is 5.81. The minimum absolute atomic E-state index is 0.193. The van der Waals surface area contributed by atoms with Crippen LogP contribution in [-0.2, 0) is 0 Å². The average molecular weight is 292 g/mol. The van der Waals surface area contributed by atoms with Crippen molar-refractivity contribution >= 4 is 42.9 Å². The number of benzene rings is 1. The van der Waals surface area contributed by atoms with E-state index in [0.717, 1.165) is 15.5 Å². The summed E-state index contributed by atoms with van der Waals surface area (Å²) >= 11 is 6.55. The summed E-state index contributed by atoms with van der Waals surface area (Å²) in [6.45, 7) is 0. The molecule has 0 fully saturated rings. The van der Waals surface area contributed by atoms with Crippen molar-refractivity contribution in [2.75, 3.05) is 0 Å². The Kier molecular flexibility index (Phi) is 1.84. The number of phenols is 1. The van der Waals surface area contributed by atoms with Gasteiger partial charge in [-0.2, -0.15) is 0 Å². The molecule has 62 valence electrons. The molecule has 2 aromatic rings. The van der Waals surface area contributed by atoms with E-state index < -0.39 is 0 Å². The van der Waals surface area contributed by atoms with Crippen LogP contribution in [0.25, 0.3) is 11.0 Å². The Morgan fingerprint density at radius 2 is 2.17 bits per heavy atom. The summed E-state index contributed by atoms with van der Waals surface area (Å²) in [5.74, 6) is 0.193. The summed E-state index contributed by atoms with van der Waals surface area (Å²) in [5.41, 5.74) is 1.60. The van der Waals surface area contributed by atoms with Crippen molar-refractivity contribution < 1.29 is 5.11 Å². The SMILES string of the molecule is Oc1cc(Br)c2nc[nH]c2c1Br. The number of imidazole rings is 1. The second-order valence-electron chi connectivity index (χ2n) is 2.32. The second kappa shape index (κ2) is 2.74. The number of halogens is 2. The molecule has 2 rings (SSSR count). The maximum atomic E-state index is 9.39. The van der Waals surface area contributed by atoms with Gasteiger partial charge in [-0.1, -0.05) is 0 Å². The highest BCUT2D eigenvalue weighted by Gasteiger charge is 2.09. The van der Waals surface area contributed by atoms with Gasteiger partial charge in [0.05, 0.1) is 16.3 Å². The molecule has 0 bridgehead atoms. The summed E-state index contributed by atoms with van der Waals surface area (Å²) in [4.78, 5) is 7.00. The Balaban J connectivity index is 2.97. The lowest BCUT2D eigenvalue weighted by Crippen LogP contribution is -1.76. The molecular formula is C7H4Br2N2O. The number of H-pyrrole nitrogens is 1. The van der Waals surface area contributed by atoms with Gasteiger partial charge in [-0.25, -0.2) is 4.98 Å². The number of aromatic hydroxyl groups is 1. The van der Waals surface area contributed by atoms with Crippen molar-refractivity contribution in [1.29, 1.82) is 0 Å². The van der Waals surface area contributed by atoms with Gasteiger partial charge in [0.15, 0.2) is 0 Å². The van der Waals surface area contributed by atoms with Gasteiger partial charge in [0.25, 0.3) is 0 Å². The van der Waals surface area contributed by atoms with Crippen LogP contribution in [0.5, 0.6) is 5.75 Å². The van der Waals surface area contributed by atoms with Crippen LogP contribution in [0.2, 0.25) is 0 Å². The molecule has 1 heterocycles. The van der Waals surface area contributed by atoms with Crippen LogP contribution in [0.15, 0.2) is 21.3 Å². The van der Waals surface area contributed by atoms with E-state index in [-0.39, 0.29) is 5.75 Å². The largest absolute Gasteiger partial charge is 0.507 e. The van der Waals surface area contributed by atoms with E-state index in [0.29, 0.717) is 4.47 Å². The molecule has 0 aliphatic carbocycles. The standard InChI is InChI=1S/C7H4Br2N2O/c8-3-1-4(12)5(9)7-6(3)10-2-11-7/h1-2,12H,(H,10,11). The molecule has 5 heteroatoms. The van der Waals surface area contributed by atoms with Gasteiger partial charge in [0, 0.05) is 4.47 Å². The third-order valence-electron chi connectivity index (χ3n) is 1.57. The third-order valence-corrected chi connectivity index (χ3v) is 2.98. The van der Waals surface area contributed by atoms with Crippen molar-refractivity contribution in [2.24, 2.45) is 0 Å². The molecule has 12 heavy (non-hydrogen) atoms. The van der Waals surface area contributed by atoms with Gasteiger partial charge in [-0.15, -0.1) is 0 Å². The molecule has 1 aromatic carbocycles. The Morgan fingerprint density at radius 3 is 2.92 bits per heavy atom. The van der Waals surface area contributed by atoms with Crippen LogP contribution in [0.4, 0.5) is 0 Å². The number of hydrogen-bond acceptors (Lipinski definition) is 2. The van der Waals surface area contributed by atoms with Gasteiger partial charge in [-0.3, -0.25) is 0 Å². The summed E-state index contributed by atoms with van der Waals surface area (Å²) in [6.07, 6.45) is 1.58. The van der Waals surface area contributed by atoms with Gasteiger partial charge in [0.2, 0.25) is 0 Å². The van der Waals surface area contributed by atoms with Crippen molar-refractivity contribution in [1.82, 2.24) is 9.97 Å². The molecular weight excluding hydrogens is 288 g/mol. The second-order valence-corrected chi connectivity index (χ2v) is 3.96. The van der Waals surface area contributed by atoms with Gasteiger partial charge in [0.1, 0.15) is 11.3 Å². The molecule has 0 aliphatic rings. The van der Waals surface area contributed by atoms with Crippen LogP contribution in [0.3, 0.4) is 0 Å². The maximum Gasteiger partial charge on any atom is 0.133 e. The molecule has 0 spiro atoms. The fraction of sp³-hybridized carbons (Fsp3) is 0. The first-order chi connectivity index (χ1) is 5.70. The van der Waals surface area contributed by atoms with E-state index in [9.17, 15) is 5.11 Å². The molecule has 1 aromatic heterocycles. The van der Waals surface area contributed by atoms with E-state index in [4.69, 9.17) is 0 Å². The highest BCUT2D eigenvalue weighted by atomic mass is 79.9. The number of phenolic OH excluding ortho intramolecular Hbond substituents is 1. The summed E-state index contributed by atoms with van der Waals surface area (Å²) in [6, 6.07) is 1.60. The third kappa shape index (κ3) is 1.04. The predicted octanol–water partition coefficient (Wildman–Crippen LogP) is 2.79. The molecule has 0 saturated carbocycles. The maximum absolute atomic E-state index is 9.39. The van der Waals surface area contributed by atoms with Crippen LogP contribution in [-0.4, -0.2) is 15.1 Å². The number of hydrogen-bond donors (Lipinski definition) is 2. The van der Waals surface area contributed by atoms with Crippen LogP contribution in [0.1, 0.15) is 0 Å². The number of fused-ring (bicyclic) bond motifs is 1. The topological polar surface area (TPSA) is 48.9 Å². The zero-order chi connectivity index (χ0) is 8.72. The van der Waals surface area contributed by atoms with Crippen LogP contribution >= 0.6 is 31.9 Å². The van der Waals surface area contributed by atoms with Gasteiger partial charge in [-0.05, 0) is 37.9 Å².